The van der Waals surface area contributed by atoms with Crippen LogP contribution in [-0.4, -0.2) is 10.1 Å². The summed E-state index contributed by atoms with van der Waals surface area (Å²) in [7, 11) is 0. The van der Waals surface area contributed by atoms with Crippen molar-refractivity contribution in [3.63, 3.8) is 0 Å². The van der Waals surface area contributed by atoms with E-state index in [2.05, 4.69) is 78.4 Å². The van der Waals surface area contributed by atoms with Gasteiger partial charge < -0.3 is 10.2 Å². The Labute approximate surface area is 170 Å². The van der Waals surface area contributed by atoms with Crippen LogP contribution < -0.4 is 10.2 Å². The number of aryl methyl sites for hydroxylation is 1. The van der Waals surface area contributed by atoms with Crippen LogP contribution in [0.25, 0.3) is 0 Å². The molecule has 138 valence electrons. The monoisotopic (exact) mass is 393 g/mol. The zero-order valence-electron chi connectivity index (χ0n) is 15.7. The number of benzene rings is 1. The topological polar surface area (TPSA) is 28.2 Å². The molecule has 0 aliphatic carbocycles. The molecule has 1 N–H and O–H groups in total. The van der Waals surface area contributed by atoms with Gasteiger partial charge in [0.15, 0.2) is 5.11 Å². The Bertz CT molecular complexity index is 932. The van der Waals surface area contributed by atoms with Crippen molar-refractivity contribution in [3.05, 3.63) is 81.8 Å². The summed E-state index contributed by atoms with van der Waals surface area (Å²) in [5.41, 5.74) is 3.46. The van der Waals surface area contributed by atoms with Crippen LogP contribution in [0.1, 0.15) is 52.9 Å². The molecule has 1 saturated heterocycles. The van der Waals surface area contributed by atoms with E-state index in [-0.39, 0.29) is 12.1 Å². The minimum atomic E-state index is 0.0292. The first kappa shape index (κ1) is 18.1. The lowest BCUT2D eigenvalue weighted by Gasteiger charge is -2.27. The highest BCUT2D eigenvalue weighted by Crippen LogP contribution is 2.43. The van der Waals surface area contributed by atoms with Crippen LogP contribution in [0.4, 0.5) is 5.69 Å². The van der Waals surface area contributed by atoms with E-state index in [9.17, 15) is 0 Å². The molecule has 0 unspecified atom stereocenters. The molecule has 2 aromatic heterocycles. The number of nitrogens with one attached hydrogen (secondary N) is 1. The van der Waals surface area contributed by atoms with E-state index in [0.29, 0.717) is 5.92 Å². The van der Waals surface area contributed by atoms with Crippen LogP contribution in [0.15, 0.2) is 60.8 Å². The molecule has 1 aromatic carbocycles. The number of hydrogen-bond acceptors (Lipinski definition) is 3. The first-order chi connectivity index (χ1) is 13.0. The maximum atomic E-state index is 5.76. The Kier molecular flexibility index (Phi) is 4.98. The van der Waals surface area contributed by atoms with Gasteiger partial charge in [-0.3, -0.25) is 4.98 Å². The molecule has 0 amide bonds. The predicted molar refractivity (Wildman–Crippen MR) is 118 cm³/mol. The van der Waals surface area contributed by atoms with Crippen molar-refractivity contribution in [2.75, 3.05) is 4.90 Å². The van der Waals surface area contributed by atoms with Crippen LogP contribution in [0.2, 0.25) is 0 Å². The van der Waals surface area contributed by atoms with Gasteiger partial charge in [0.25, 0.3) is 0 Å². The summed E-state index contributed by atoms with van der Waals surface area (Å²) < 4.78 is 0. The third-order valence-corrected chi connectivity index (χ3v) is 6.37. The van der Waals surface area contributed by atoms with E-state index >= 15 is 0 Å². The van der Waals surface area contributed by atoms with Crippen LogP contribution >= 0.6 is 23.6 Å². The summed E-state index contributed by atoms with van der Waals surface area (Å²) in [6, 6.07) is 19.3. The highest BCUT2D eigenvalue weighted by atomic mass is 32.1. The SMILES string of the molecule is Cc1ccc([C@@H]2[C@H](c3ccccn3)NC(=S)N2c2ccc(C(C)C)cc2)s1. The fourth-order valence-corrected chi connectivity index (χ4v) is 4.91. The first-order valence-electron chi connectivity index (χ1n) is 9.21. The van der Waals surface area contributed by atoms with Crippen molar-refractivity contribution in [3.8, 4) is 0 Å². The largest absolute Gasteiger partial charge is 0.351 e. The summed E-state index contributed by atoms with van der Waals surface area (Å²) in [5.74, 6) is 0.514. The van der Waals surface area contributed by atoms with Gasteiger partial charge in [-0.1, -0.05) is 32.0 Å². The Morgan fingerprint density at radius 3 is 2.44 bits per heavy atom. The molecule has 2 atom stereocenters. The summed E-state index contributed by atoms with van der Waals surface area (Å²) in [6.07, 6.45) is 1.84. The van der Waals surface area contributed by atoms with Crippen molar-refractivity contribution in [2.24, 2.45) is 0 Å². The molecule has 0 bridgehead atoms. The quantitative estimate of drug-likeness (QED) is 0.571. The molecular formula is C22H23N3S2. The van der Waals surface area contributed by atoms with E-state index in [1.165, 1.54) is 15.3 Å². The number of nitrogens with zero attached hydrogens (tertiary/aromatic N) is 2. The van der Waals surface area contributed by atoms with Crippen LogP contribution in [0, 0.1) is 6.92 Å². The number of thiocarbonyl (C=S) groups is 1. The smallest absolute Gasteiger partial charge is 0.174 e. The van der Waals surface area contributed by atoms with E-state index in [0.717, 1.165) is 16.5 Å². The minimum absolute atomic E-state index is 0.0292. The number of pyridine rings is 1. The number of anilines is 1. The second kappa shape index (κ2) is 7.41. The third kappa shape index (κ3) is 3.49. The molecular weight excluding hydrogens is 370 g/mol. The molecule has 4 rings (SSSR count). The van der Waals surface area contributed by atoms with E-state index in [4.69, 9.17) is 12.2 Å². The molecule has 1 fully saturated rings. The zero-order chi connectivity index (χ0) is 19.0. The van der Waals surface area contributed by atoms with Crippen molar-refractivity contribution in [1.29, 1.82) is 0 Å². The average Bonchev–Trinajstić information content (AvgIpc) is 3.25. The van der Waals surface area contributed by atoms with Crippen molar-refractivity contribution in [2.45, 2.75) is 38.8 Å². The van der Waals surface area contributed by atoms with Crippen LogP contribution in [-0.2, 0) is 0 Å². The zero-order valence-corrected chi connectivity index (χ0v) is 17.3. The van der Waals surface area contributed by atoms with Crippen molar-refractivity contribution >= 4 is 34.4 Å². The van der Waals surface area contributed by atoms with Gasteiger partial charge in [-0.25, -0.2) is 0 Å². The molecule has 1 aliphatic heterocycles. The molecule has 0 radical (unpaired) electrons. The lowest BCUT2D eigenvalue weighted by atomic mass is 10.0. The van der Waals surface area contributed by atoms with Gasteiger partial charge in [0.1, 0.15) is 0 Å². The van der Waals surface area contributed by atoms with E-state index < -0.39 is 0 Å². The summed E-state index contributed by atoms with van der Waals surface area (Å²) in [6.45, 7) is 6.57. The number of aromatic nitrogens is 1. The fourth-order valence-electron chi connectivity index (χ4n) is 3.55. The Morgan fingerprint density at radius 1 is 1.07 bits per heavy atom. The third-order valence-electron chi connectivity index (χ3n) is 4.99. The normalized spacial score (nSPS) is 19.6. The maximum absolute atomic E-state index is 5.76. The molecule has 3 aromatic rings. The van der Waals surface area contributed by atoms with E-state index in [1.54, 1.807) is 0 Å². The van der Waals surface area contributed by atoms with Gasteiger partial charge in [0.05, 0.1) is 17.8 Å². The summed E-state index contributed by atoms with van der Waals surface area (Å²) in [5, 5.41) is 4.26. The lowest BCUT2D eigenvalue weighted by Crippen LogP contribution is -2.29. The fraction of sp³-hybridized carbons (Fsp3) is 0.273. The maximum Gasteiger partial charge on any atom is 0.174 e. The molecule has 0 spiro atoms. The number of hydrogen-bond donors (Lipinski definition) is 1. The molecule has 1 aliphatic rings. The second-order valence-electron chi connectivity index (χ2n) is 7.19. The summed E-state index contributed by atoms with van der Waals surface area (Å²) in [4.78, 5) is 9.44. The molecule has 0 saturated carbocycles. The Hall–Kier alpha value is -2.24. The molecule has 3 heterocycles. The number of thiophene rings is 1. The van der Waals surface area contributed by atoms with Gasteiger partial charge >= 0.3 is 0 Å². The van der Waals surface area contributed by atoms with E-state index in [1.807, 2.05) is 29.7 Å². The lowest BCUT2D eigenvalue weighted by molar-refractivity contribution is 0.575. The van der Waals surface area contributed by atoms with Gasteiger partial charge in [-0.15, -0.1) is 11.3 Å². The van der Waals surface area contributed by atoms with Gasteiger partial charge in [0.2, 0.25) is 0 Å². The predicted octanol–water partition coefficient (Wildman–Crippen LogP) is 5.75. The first-order valence-corrected chi connectivity index (χ1v) is 10.4. The Morgan fingerprint density at radius 2 is 1.85 bits per heavy atom. The molecule has 5 heteroatoms. The molecule has 3 nitrogen and oxygen atoms in total. The van der Waals surface area contributed by atoms with Gasteiger partial charge in [-0.05, 0) is 67.0 Å². The highest BCUT2D eigenvalue weighted by molar-refractivity contribution is 7.80. The summed E-state index contributed by atoms with van der Waals surface area (Å²) >= 11 is 7.58. The van der Waals surface area contributed by atoms with Crippen molar-refractivity contribution in [1.82, 2.24) is 10.3 Å². The van der Waals surface area contributed by atoms with Gasteiger partial charge in [-0.2, -0.15) is 0 Å². The standard InChI is InChI=1S/C22H23N3S2/c1-14(2)16-8-10-17(11-9-16)25-21(19-12-7-15(3)27-19)20(24-22(25)26)18-6-4-5-13-23-18/h4-14,20-21H,1-3H3,(H,24,26)/t20-,21+/m0/s1. The Balaban J connectivity index is 1.78. The van der Waals surface area contributed by atoms with Crippen LogP contribution in [0.5, 0.6) is 0 Å². The minimum Gasteiger partial charge on any atom is -0.351 e. The average molecular weight is 394 g/mol. The van der Waals surface area contributed by atoms with Crippen LogP contribution in [0.3, 0.4) is 0 Å². The molecule has 27 heavy (non-hydrogen) atoms. The number of rotatable bonds is 4. The van der Waals surface area contributed by atoms with Gasteiger partial charge in [0, 0.05) is 21.6 Å². The second-order valence-corrected chi connectivity index (χ2v) is 8.90. The van der Waals surface area contributed by atoms with Crippen molar-refractivity contribution < 1.29 is 0 Å². The highest BCUT2D eigenvalue weighted by Gasteiger charge is 2.41.